The molecule has 0 atom stereocenters. The Morgan fingerprint density at radius 1 is 0.871 bits per heavy atom. The van der Waals surface area contributed by atoms with Crippen LogP contribution in [0.4, 0.5) is 4.39 Å². The highest BCUT2D eigenvalue weighted by Crippen LogP contribution is 2.31. The highest BCUT2D eigenvalue weighted by molar-refractivity contribution is 5.96. The molecule has 0 radical (unpaired) electrons. The van der Waals surface area contributed by atoms with E-state index in [4.69, 9.17) is 4.98 Å². The predicted octanol–water partition coefficient (Wildman–Crippen LogP) is 4.16. The lowest BCUT2D eigenvalue weighted by molar-refractivity contribution is 0.628. The quantitative estimate of drug-likeness (QED) is 0.455. The molecule has 0 bridgehead atoms. The molecule has 2 N–H and O–H groups in total. The van der Waals surface area contributed by atoms with Gasteiger partial charge in [-0.05, 0) is 24.3 Å². The van der Waals surface area contributed by atoms with Crippen LogP contribution < -0.4 is 0 Å². The summed E-state index contributed by atoms with van der Waals surface area (Å²) < 4.78 is 13.7. The van der Waals surface area contributed by atoms with Crippen molar-refractivity contribution in [2.45, 2.75) is 0 Å². The third kappa shape index (κ3) is 2.91. The minimum atomic E-state index is -0.325. The van der Waals surface area contributed by atoms with E-state index in [-0.39, 0.29) is 5.82 Å². The van der Waals surface area contributed by atoms with Crippen molar-refractivity contribution >= 4 is 22.1 Å². The Bertz CT molecular complexity index is 1550. The van der Waals surface area contributed by atoms with Crippen LogP contribution in [0.25, 0.3) is 56.1 Å². The molecule has 1 aromatic carbocycles. The Morgan fingerprint density at radius 2 is 1.84 bits per heavy atom. The smallest absolute Gasteiger partial charge is 0.181 e. The Labute approximate surface area is 174 Å². The van der Waals surface area contributed by atoms with Gasteiger partial charge in [-0.15, -0.1) is 0 Å². The van der Waals surface area contributed by atoms with Crippen LogP contribution in [0.2, 0.25) is 0 Å². The van der Waals surface area contributed by atoms with Crippen molar-refractivity contribution in [1.29, 1.82) is 0 Å². The fraction of sp³-hybridized carbons (Fsp3) is 0. The molecule has 148 valence electrons. The fourth-order valence-electron chi connectivity index (χ4n) is 3.57. The molecule has 0 unspecified atom stereocenters. The first-order valence-corrected chi connectivity index (χ1v) is 9.48. The highest BCUT2D eigenvalue weighted by Gasteiger charge is 2.17. The zero-order valence-corrected chi connectivity index (χ0v) is 15.9. The average Bonchev–Trinajstić information content (AvgIpc) is 3.43. The van der Waals surface area contributed by atoms with Gasteiger partial charge in [0.05, 0.1) is 28.5 Å². The van der Waals surface area contributed by atoms with Crippen molar-refractivity contribution in [2.24, 2.45) is 0 Å². The van der Waals surface area contributed by atoms with E-state index in [0.717, 1.165) is 16.5 Å². The Kier molecular flexibility index (Phi) is 3.79. The van der Waals surface area contributed by atoms with Gasteiger partial charge < -0.3 is 4.98 Å². The number of nitrogens with zero attached hydrogens (tertiary/aromatic N) is 6. The zero-order valence-electron chi connectivity index (χ0n) is 15.9. The predicted molar refractivity (Wildman–Crippen MR) is 113 cm³/mol. The lowest BCUT2D eigenvalue weighted by Gasteiger charge is -2.01. The molecular formula is C22H13FN8. The van der Waals surface area contributed by atoms with E-state index in [2.05, 4.69) is 35.1 Å². The number of rotatable bonds is 3. The molecule has 0 saturated heterocycles. The SMILES string of the molecule is Fc1cccc(-c2nccc3[nH]c(-c4[nH]nc5ncc(-c6cnccn6)cc45)nc23)c1. The largest absolute Gasteiger partial charge is 0.337 e. The van der Waals surface area contributed by atoms with Gasteiger partial charge in [0.25, 0.3) is 0 Å². The van der Waals surface area contributed by atoms with Crippen molar-refractivity contribution in [1.82, 2.24) is 40.1 Å². The van der Waals surface area contributed by atoms with Gasteiger partial charge in [0.2, 0.25) is 0 Å². The van der Waals surface area contributed by atoms with E-state index in [1.165, 1.54) is 12.1 Å². The second-order valence-corrected chi connectivity index (χ2v) is 6.94. The molecule has 0 saturated carbocycles. The molecule has 0 aliphatic heterocycles. The van der Waals surface area contributed by atoms with Gasteiger partial charge >= 0.3 is 0 Å². The number of halogens is 1. The number of hydrogen-bond donors (Lipinski definition) is 2. The summed E-state index contributed by atoms with van der Waals surface area (Å²) in [5.41, 5.74) is 5.47. The fourth-order valence-corrected chi connectivity index (χ4v) is 3.57. The molecule has 0 aliphatic carbocycles. The first-order valence-electron chi connectivity index (χ1n) is 9.48. The van der Waals surface area contributed by atoms with Gasteiger partial charge in [-0.25, -0.2) is 14.4 Å². The summed E-state index contributed by atoms with van der Waals surface area (Å²) in [6.45, 7) is 0. The summed E-state index contributed by atoms with van der Waals surface area (Å²) in [7, 11) is 0. The van der Waals surface area contributed by atoms with Crippen LogP contribution >= 0.6 is 0 Å². The van der Waals surface area contributed by atoms with Crippen molar-refractivity contribution < 1.29 is 4.39 Å². The number of aromatic amines is 2. The van der Waals surface area contributed by atoms with Gasteiger partial charge in [-0.3, -0.25) is 20.1 Å². The Balaban J connectivity index is 1.52. The molecule has 8 nitrogen and oxygen atoms in total. The van der Waals surface area contributed by atoms with Gasteiger partial charge in [0, 0.05) is 35.9 Å². The Morgan fingerprint density at radius 3 is 2.71 bits per heavy atom. The van der Waals surface area contributed by atoms with E-state index >= 15 is 0 Å². The van der Waals surface area contributed by atoms with Crippen molar-refractivity contribution in [3.05, 3.63) is 73.2 Å². The van der Waals surface area contributed by atoms with Gasteiger partial charge in [-0.2, -0.15) is 5.10 Å². The summed E-state index contributed by atoms with van der Waals surface area (Å²) in [5.74, 6) is 0.260. The standard InChI is InChI=1S/C22H13FN8/c23-14-3-1-2-12(8-14)18-20-16(4-5-26-18)28-22(29-20)19-15-9-13(10-27-21(15)31-30-19)17-11-24-6-7-25-17/h1-11H,(H,28,29)(H,27,30,31). The average molecular weight is 408 g/mol. The molecular weight excluding hydrogens is 395 g/mol. The number of nitrogens with one attached hydrogen (secondary N) is 2. The lowest BCUT2D eigenvalue weighted by atomic mass is 10.1. The van der Waals surface area contributed by atoms with Crippen LogP contribution in [-0.4, -0.2) is 40.1 Å². The lowest BCUT2D eigenvalue weighted by Crippen LogP contribution is -1.87. The summed E-state index contributed by atoms with van der Waals surface area (Å²) in [5, 5.41) is 8.10. The van der Waals surface area contributed by atoms with Crippen molar-refractivity contribution in [3.8, 4) is 34.0 Å². The molecule has 31 heavy (non-hydrogen) atoms. The number of hydrogen-bond acceptors (Lipinski definition) is 6. The number of fused-ring (bicyclic) bond motifs is 2. The molecule has 6 aromatic rings. The maximum Gasteiger partial charge on any atom is 0.181 e. The van der Waals surface area contributed by atoms with Crippen molar-refractivity contribution in [2.75, 3.05) is 0 Å². The first-order chi connectivity index (χ1) is 15.3. The van der Waals surface area contributed by atoms with E-state index < -0.39 is 0 Å². The summed E-state index contributed by atoms with van der Waals surface area (Å²) in [4.78, 5) is 25.4. The normalized spacial score (nSPS) is 11.4. The minimum absolute atomic E-state index is 0.325. The van der Waals surface area contributed by atoms with Crippen LogP contribution in [0.1, 0.15) is 0 Å². The van der Waals surface area contributed by atoms with Crippen LogP contribution in [0.3, 0.4) is 0 Å². The van der Waals surface area contributed by atoms with Gasteiger partial charge in [-0.1, -0.05) is 12.1 Å². The second kappa shape index (κ2) is 6.77. The molecule has 0 fully saturated rings. The molecule has 0 amide bonds. The van der Waals surface area contributed by atoms with Crippen LogP contribution in [0.15, 0.2) is 67.4 Å². The maximum absolute atomic E-state index is 13.7. The summed E-state index contributed by atoms with van der Waals surface area (Å²) in [6.07, 6.45) is 8.32. The second-order valence-electron chi connectivity index (χ2n) is 6.94. The van der Waals surface area contributed by atoms with E-state index in [1.807, 2.05) is 18.2 Å². The summed E-state index contributed by atoms with van der Waals surface area (Å²) in [6, 6.07) is 10.1. The number of aromatic nitrogens is 8. The highest BCUT2D eigenvalue weighted by atomic mass is 19.1. The van der Waals surface area contributed by atoms with Gasteiger partial charge in [0.1, 0.15) is 17.0 Å². The molecule has 5 aromatic heterocycles. The van der Waals surface area contributed by atoms with Gasteiger partial charge in [0.15, 0.2) is 11.5 Å². The zero-order chi connectivity index (χ0) is 20.8. The minimum Gasteiger partial charge on any atom is -0.337 e. The van der Waals surface area contributed by atoms with E-state index in [1.54, 1.807) is 37.1 Å². The molecule has 0 aliphatic rings. The number of imidazole rings is 1. The topological polar surface area (TPSA) is 109 Å². The Hall–Kier alpha value is -4.53. The van der Waals surface area contributed by atoms with Crippen molar-refractivity contribution in [3.63, 3.8) is 0 Å². The van der Waals surface area contributed by atoms with Crippen LogP contribution in [0, 0.1) is 5.82 Å². The molecule has 9 heteroatoms. The third-order valence-corrected chi connectivity index (χ3v) is 5.00. The first kappa shape index (κ1) is 17.3. The number of pyridine rings is 2. The number of benzene rings is 1. The van der Waals surface area contributed by atoms with Crippen LogP contribution in [-0.2, 0) is 0 Å². The summed E-state index contributed by atoms with van der Waals surface area (Å²) >= 11 is 0. The van der Waals surface area contributed by atoms with E-state index in [0.29, 0.717) is 39.6 Å². The molecule has 0 spiro atoms. The van der Waals surface area contributed by atoms with E-state index in [9.17, 15) is 4.39 Å². The molecule has 5 heterocycles. The number of H-pyrrole nitrogens is 2. The monoisotopic (exact) mass is 408 g/mol. The maximum atomic E-state index is 13.7. The third-order valence-electron chi connectivity index (χ3n) is 5.00. The molecule has 6 rings (SSSR count). The van der Waals surface area contributed by atoms with Crippen LogP contribution in [0.5, 0.6) is 0 Å².